The number of carboxylic acids is 2. The Balaban J connectivity index is 1.74. The lowest BCUT2D eigenvalue weighted by molar-refractivity contribution is 0.0686. The summed E-state index contributed by atoms with van der Waals surface area (Å²) < 4.78 is 0. The zero-order valence-electron chi connectivity index (χ0n) is 18.8. The van der Waals surface area contributed by atoms with E-state index in [0.717, 1.165) is 5.69 Å². The van der Waals surface area contributed by atoms with E-state index >= 15 is 0 Å². The first-order valence-electron chi connectivity index (χ1n) is 10.4. The number of hydrogen-bond acceptors (Lipinski definition) is 7. The zero-order chi connectivity index (χ0) is 24.9. The number of aromatic carboxylic acids is 2. The van der Waals surface area contributed by atoms with Crippen LogP contribution in [-0.2, 0) is 0 Å². The molecule has 4 rings (SSSR count). The summed E-state index contributed by atoms with van der Waals surface area (Å²) >= 11 is 0. The van der Waals surface area contributed by atoms with Gasteiger partial charge in [0.2, 0.25) is 0 Å². The molecule has 0 atom stereocenters. The molecule has 4 aromatic rings. The van der Waals surface area contributed by atoms with Crippen LogP contribution in [0.1, 0.15) is 32.0 Å². The number of carbonyl (C=O) groups is 2. The van der Waals surface area contributed by atoms with Crippen LogP contribution in [0, 0.1) is 11.8 Å². The van der Waals surface area contributed by atoms with Gasteiger partial charge in [0, 0.05) is 43.9 Å². The Morgan fingerprint density at radius 3 is 1.97 bits per heavy atom. The van der Waals surface area contributed by atoms with Gasteiger partial charge in [-0.15, -0.1) is 0 Å². The number of nitrogens with zero attached hydrogens (tertiary/aromatic N) is 5. The van der Waals surface area contributed by atoms with Crippen LogP contribution in [0.15, 0.2) is 67.1 Å². The first kappa shape index (κ1) is 23.1. The summed E-state index contributed by atoms with van der Waals surface area (Å²) in [7, 11) is 3.86. The number of rotatable bonds is 5. The minimum atomic E-state index is -1.16. The maximum absolute atomic E-state index is 11.7. The van der Waals surface area contributed by atoms with E-state index in [1.807, 2.05) is 31.1 Å². The predicted molar refractivity (Wildman–Crippen MR) is 129 cm³/mol. The molecule has 9 heteroatoms. The molecule has 0 aromatic carbocycles. The third-order valence-corrected chi connectivity index (χ3v) is 4.96. The van der Waals surface area contributed by atoms with E-state index in [0.29, 0.717) is 22.6 Å². The lowest BCUT2D eigenvalue weighted by Gasteiger charge is -2.11. The van der Waals surface area contributed by atoms with Crippen molar-refractivity contribution >= 4 is 17.6 Å². The van der Waals surface area contributed by atoms with E-state index in [1.165, 1.54) is 30.5 Å². The van der Waals surface area contributed by atoms with Crippen molar-refractivity contribution in [1.29, 1.82) is 0 Å². The standard InChI is InChI=1S/C26H19N5O4/c1-31(2)20-7-10-27-19(15-20)4-3-16-5-8-28-21(11-16)23-13-18(26(34)35)14-24(30-23)22-12-17(25(32)33)6-9-29-22/h5-15H,1-2H3,(H,32,33)(H,34,35). The summed E-state index contributed by atoms with van der Waals surface area (Å²) in [6.45, 7) is 0. The molecule has 0 amide bonds. The largest absolute Gasteiger partial charge is 0.478 e. The van der Waals surface area contributed by atoms with Gasteiger partial charge in [-0.2, -0.15) is 0 Å². The molecule has 0 spiro atoms. The first-order valence-corrected chi connectivity index (χ1v) is 10.4. The third kappa shape index (κ3) is 5.46. The topological polar surface area (TPSA) is 129 Å². The normalized spacial score (nSPS) is 10.2. The summed E-state index contributed by atoms with van der Waals surface area (Å²) in [5.41, 5.74) is 3.35. The van der Waals surface area contributed by atoms with Crippen LogP contribution in [-0.4, -0.2) is 56.2 Å². The highest BCUT2D eigenvalue weighted by Gasteiger charge is 2.14. The zero-order valence-corrected chi connectivity index (χ0v) is 18.8. The van der Waals surface area contributed by atoms with Gasteiger partial charge in [0.25, 0.3) is 0 Å². The highest BCUT2D eigenvalue weighted by atomic mass is 16.4. The van der Waals surface area contributed by atoms with Crippen molar-refractivity contribution < 1.29 is 19.8 Å². The maximum Gasteiger partial charge on any atom is 0.335 e. The molecule has 0 bridgehead atoms. The SMILES string of the molecule is CN(C)c1ccnc(C#Cc2ccnc(-c3cc(C(=O)O)cc(-c4cc(C(=O)O)ccn4)n3)c2)c1. The van der Waals surface area contributed by atoms with Crippen molar-refractivity contribution in [2.45, 2.75) is 0 Å². The van der Waals surface area contributed by atoms with Gasteiger partial charge >= 0.3 is 11.9 Å². The molecular formula is C26H19N5O4. The molecule has 0 aliphatic carbocycles. The molecule has 0 saturated carbocycles. The molecule has 4 heterocycles. The number of pyridine rings is 4. The van der Waals surface area contributed by atoms with Crippen LogP contribution in [0.5, 0.6) is 0 Å². The highest BCUT2D eigenvalue weighted by Crippen LogP contribution is 2.24. The molecule has 0 fully saturated rings. The summed E-state index contributed by atoms with van der Waals surface area (Å²) in [5, 5.41) is 18.9. The average molecular weight is 465 g/mol. The smallest absolute Gasteiger partial charge is 0.335 e. The van der Waals surface area contributed by atoms with Gasteiger partial charge < -0.3 is 15.1 Å². The second kappa shape index (κ2) is 9.80. The average Bonchev–Trinajstić information content (AvgIpc) is 2.87. The number of carboxylic acid groups (broad SMARTS) is 2. The van der Waals surface area contributed by atoms with Gasteiger partial charge in [0.1, 0.15) is 5.69 Å². The Hall–Kier alpha value is -5.10. The second-order valence-electron chi connectivity index (χ2n) is 7.64. The number of aromatic nitrogens is 4. The van der Waals surface area contributed by atoms with Crippen LogP contribution in [0.2, 0.25) is 0 Å². The van der Waals surface area contributed by atoms with E-state index in [4.69, 9.17) is 0 Å². The predicted octanol–water partition coefficient (Wildman–Crippen LogP) is 3.46. The molecule has 0 saturated heterocycles. The Kier molecular flexibility index (Phi) is 6.46. The number of anilines is 1. The minimum Gasteiger partial charge on any atom is -0.478 e. The maximum atomic E-state index is 11.7. The molecule has 9 nitrogen and oxygen atoms in total. The Bertz CT molecular complexity index is 1510. The molecule has 35 heavy (non-hydrogen) atoms. The fourth-order valence-electron chi connectivity index (χ4n) is 3.17. The van der Waals surface area contributed by atoms with E-state index in [-0.39, 0.29) is 22.5 Å². The fraction of sp³-hybridized carbons (Fsp3) is 0.0769. The molecule has 172 valence electrons. The Morgan fingerprint density at radius 1 is 0.714 bits per heavy atom. The van der Waals surface area contributed by atoms with E-state index in [9.17, 15) is 19.8 Å². The molecule has 2 N–H and O–H groups in total. The summed E-state index contributed by atoms with van der Waals surface area (Å²) in [6, 6.07) is 12.6. The van der Waals surface area contributed by atoms with E-state index < -0.39 is 11.9 Å². The van der Waals surface area contributed by atoms with Crippen molar-refractivity contribution in [1.82, 2.24) is 19.9 Å². The van der Waals surface area contributed by atoms with Crippen LogP contribution >= 0.6 is 0 Å². The van der Waals surface area contributed by atoms with Crippen molar-refractivity contribution in [2.24, 2.45) is 0 Å². The molecule has 0 radical (unpaired) electrons. The van der Waals surface area contributed by atoms with Crippen LogP contribution < -0.4 is 4.90 Å². The van der Waals surface area contributed by atoms with Crippen LogP contribution in [0.25, 0.3) is 22.8 Å². The number of hydrogen-bond donors (Lipinski definition) is 2. The van der Waals surface area contributed by atoms with Gasteiger partial charge in [0.05, 0.1) is 33.9 Å². The Morgan fingerprint density at radius 2 is 1.31 bits per heavy atom. The lowest BCUT2D eigenvalue weighted by Crippen LogP contribution is -2.08. The second-order valence-corrected chi connectivity index (χ2v) is 7.64. The molecular weight excluding hydrogens is 446 g/mol. The quantitative estimate of drug-likeness (QED) is 0.426. The van der Waals surface area contributed by atoms with Crippen LogP contribution in [0.3, 0.4) is 0 Å². The van der Waals surface area contributed by atoms with Gasteiger partial charge in [-0.1, -0.05) is 5.92 Å². The minimum absolute atomic E-state index is 0.0152. The van der Waals surface area contributed by atoms with Gasteiger partial charge in [-0.25, -0.2) is 19.6 Å². The fourth-order valence-corrected chi connectivity index (χ4v) is 3.17. The van der Waals surface area contributed by atoms with E-state index in [1.54, 1.807) is 24.5 Å². The molecule has 0 aliphatic heterocycles. The monoisotopic (exact) mass is 465 g/mol. The van der Waals surface area contributed by atoms with Crippen molar-refractivity contribution in [3.63, 3.8) is 0 Å². The molecule has 0 aliphatic rings. The van der Waals surface area contributed by atoms with Crippen molar-refractivity contribution in [3.05, 3.63) is 89.5 Å². The van der Waals surface area contributed by atoms with E-state index in [2.05, 4.69) is 31.8 Å². The first-order chi connectivity index (χ1) is 16.8. The van der Waals surface area contributed by atoms with Gasteiger partial charge in [0.15, 0.2) is 0 Å². The van der Waals surface area contributed by atoms with Gasteiger partial charge in [-0.05, 0) is 54.5 Å². The molecule has 0 unspecified atom stereocenters. The summed E-state index contributed by atoms with van der Waals surface area (Å²) in [4.78, 5) is 42.3. The third-order valence-electron chi connectivity index (χ3n) is 4.96. The van der Waals surface area contributed by atoms with Crippen molar-refractivity contribution in [2.75, 3.05) is 19.0 Å². The lowest BCUT2D eigenvalue weighted by atomic mass is 10.1. The highest BCUT2D eigenvalue weighted by molar-refractivity contribution is 5.91. The van der Waals surface area contributed by atoms with Gasteiger partial charge in [-0.3, -0.25) is 9.97 Å². The van der Waals surface area contributed by atoms with Crippen LogP contribution in [0.4, 0.5) is 5.69 Å². The summed E-state index contributed by atoms with van der Waals surface area (Å²) in [6.07, 6.45) is 4.58. The Labute approximate surface area is 200 Å². The molecule has 4 aromatic heterocycles. The van der Waals surface area contributed by atoms with Crippen molar-refractivity contribution in [3.8, 4) is 34.6 Å². The summed E-state index contributed by atoms with van der Waals surface area (Å²) in [5.74, 6) is 3.79.